The highest BCUT2D eigenvalue weighted by Crippen LogP contribution is 1.96. The van der Waals surface area contributed by atoms with Gasteiger partial charge in [-0.05, 0) is 7.05 Å². The zero-order valence-corrected chi connectivity index (χ0v) is 9.82. The standard InChI is InChI=1S/C11H17BN2.2H2O/c1-13-7-9-14(10-8-13)12-11-5-3-2-4-6-11;;/h2-6,12H,7-10H2,1H3;2*1H2. The van der Waals surface area contributed by atoms with Crippen LogP contribution in [0.1, 0.15) is 0 Å². The summed E-state index contributed by atoms with van der Waals surface area (Å²) in [5, 5.41) is 0. The summed E-state index contributed by atoms with van der Waals surface area (Å²) in [6.07, 6.45) is 0. The molecule has 1 aromatic carbocycles. The average molecular weight is 224 g/mol. The Balaban J connectivity index is 0.00000112. The molecule has 0 spiro atoms. The molecular weight excluding hydrogens is 203 g/mol. The van der Waals surface area contributed by atoms with Gasteiger partial charge in [0.05, 0.1) is 0 Å². The molecule has 0 radical (unpaired) electrons. The van der Waals surface area contributed by atoms with Gasteiger partial charge in [-0.3, -0.25) is 0 Å². The van der Waals surface area contributed by atoms with Crippen molar-refractivity contribution < 1.29 is 11.0 Å². The van der Waals surface area contributed by atoms with Crippen LogP contribution in [-0.2, 0) is 0 Å². The van der Waals surface area contributed by atoms with Crippen LogP contribution in [0.2, 0.25) is 0 Å². The fourth-order valence-electron chi connectivity index (χ4n) is 1.85. The molecule has 5 heteroatoms. The van der Waals surface area contributed by atoms with Gasteiger partial charge in [-0.25, -0.2) is 0 Å². The molecule has 4 N–H and O–H groups in total. The Labute approximate surface area is 97.7 Å². The second kappa shape index (κ2) is 7.41. The third kappa shape index (κ3) is 4.32. The number of likely N-dealkylation sites (N-methyl/N-ethyl adjacent to an activating group) is 1. The van der Waals surface area contributed by atoms with E-state index in [1.54, 1.807) is 0 Å². The Hall–Kier alpha value is -0.875. The zero-order chi connectivity index (χ0) is 9.80. The minimum absolute atomic E-state index is 0. The van der Waals surface area contributed by atoms with Gasteiger partial charge in [0, 0.05) is 26.2 Å². The van der Waals surface area contributed by atoms with E-state index in [4.69, 9.17) is 0 Å². The van der Waals surface area contributed by atoms with Gasteiger partial charge in [0.1, 0.15) is 0 Å². The molecule has 1 heterocycles. The van der Waals surface area contributed by atoms with E-state index in [9.17, 15) is 0 Å². The minimum Gasteiger partial charge on any atom is -0.412 e. The van der Waals surface area contributed by atoms with Gasteiger partial charge in [-0.15, -0.1) is 0 Å². The van der Waals surface area contributed by atoms with Crippen LogP contribution in [0.3, 0.4) is 0 Å². The molecular formula is C11H21BN2O2. The molecule has 4 nitrogen and oxygen atoms in total. The van der Waals surface area contributed by atoms with E-state index in [1.807, 2.05) is 0 Å². The fourth-order valence-corrected chi connectivity index (χ4v) is 1.85. The maximum absolute atomic E-state index is 2.52. The normalized spacial score (nSPS) is 17.1. The molecule has 0 amide bonds. The lowest BCUT2D eigenvalue weighted by Crippen LogP contribution is -2.48. The summed E-state index contributed by atoms with van der Waals surface area (Å²) in [7, 11) is 3.30. The van der Waals surface area contributed by atoms with Crippen molar-refractivity contribution in [3.8, 4) is 0 Å². The van der Waals surface area contributed by atoms with Crippen LogP contribution in [0.25, 0.3) is 0 Å². The number of hydrogen-bond acceptors (Lipinski definition) is 2. The lowest BCUT2D eigenvalue weighted by atomic mass is 9.80. The SMILES string of the molecule is CN1CCN(Bc2ccccc2)CC1.O.O. The third-order valence-corrected chi connectivity index (χ3v) is 2.84. The first-order chi connectivity index (χ1) is 6.84. The summed E-state index contributed by atoms with van der Waals surface area (Å²) < 4.78 is 0. The number of piperazine rings is 1. The second-order valence-corrected chi connectivity index (χ2v) is 4.07. The molecule has 90 valence electrons. The highest BCUT2D eigenvalue weighted by molar-refractivity contribution is 6.50. The van der Waals surface area contributed by atoms with Gasteiger partial charge < -0.3 is 20.7 Å². The second-order valence-electron chi connectivity index (χ2n) is 4.07. The quantitative estimate of drug-likeness (QED) is 0.559. The first kappa shape index (κ1) is 15.1. The van der Waals surface area contributed by atoms with Gasteiger partial charge in [-0.2, -0.15) is 0 Å². The van der Waals surface area contributed by atoms with Gasteiger partial charge in [0.2, 0.25) is 7.41 Å². The predicted octanol–water partition coefficient (Wildman–Crippen LogP) is -1.74. The van der Waals surface area contributed by atoms with E-state index < -0.39 is 0 Å². The maximum Gasteiger partial charge on any atom is 0.238 e. The largest absolute Gasteiger partial charge is 0.412 e. The summed E-state index contributed by atoms with van der Waals surface area (Å²) in [6.45, 7) is 4.80. The van der Waals surface area contributed by atoms with Crippen LogP contribution in [0, 0.1) is 0 Å². The van der Waals surface area contributed by atoms with Crippen molar-refractivity contribution in [3.63, 3.8) is 0 Å². The third-order valence-electron chi connectivity index (χ3n) is 2.84. The molecule has 1 aromatic rings. The molecule has 0 atom stereocenters. The van der Waals surface area contributed by atoms with Gasteiger partial charge >= 0.3 is 0 Å². The summed E-state index contributed by atoms with van der Waals surface area (Å²) >= 11 is 0. The van der Waals surface area contributed by atoms with E-state index in [0.29, 0.717) is 0 Å². The Morgan fingerprint density at radius 2 is 1.50 bits per heavy atom. The average Bonchev–Trinajstić information content (AvgIpc) is 2.23. The Morgan fingerprint density at radius 3 is 2.06 bits per heavy atom. The topological polar surface area (TPSA) is 69.5 Å². The molecule has 0 bridgehead atoms. The number of hydrogen-bond donors (Lipinski definition) is 0. The Kier molecular flexibility index (Phi) is 7.00. The monoisotopic (exact) mass is 224 g/mol. The molecule has 1 aliphatic rings. The van der Waals surface area contributed by atoms with Crippen LogP contribution in [-0.4, -0.2) is 61.3 Å². The molecule has 0 aromatic heterocycles. The van der Waals surface area contributed by atoms with Crippen LogP contribution < -0.4 is 5.46 Å². The summed E-state index contributed by atoms with van der Waals surface area (Å²) in [4.78, 5) is 4.91. The summed E-state index contributed by atoms with van der Waals surface area (Å²) in [6, 6.07) is 10.7. The molecule has 2 rings (SSSR count). The molecule has 0 saturated carbocycles. The highest BCUT2D eigenvalue weighted by atomic mass is 16.0. The van der Waals surface area contributed by atoms with E-state index >= 15 is 0 Å². The van der Waals surface area contributed by atoms with Crippen molar-refractivity contribution in [1.29, 1.82) is 0 Å². The predicted molar refractivity (Wildman–Crippen MR) is 69.5 cm³/mol. The van der Waals surface area contributed by atoms with Crippen LogP contribution >= 0.6 is 0 Å². The van der Waals surface area contributed by atoms with Crippen molar-refractivity contribution in [2.75, 3.05) is 33.2 Å². The molecule has 1 aliphatic heterocycles. The van der Waals surface area contributed by atoms with E-state index in [-0.39, 0.29) is 11.0 Å². The van der Waals surface area contributed by atoms with Crippen molar-refractivity contribution in [2.24, 2.45) is 0 Å². The number of benzene rings is 1. The summed E-state index contributed by atoms with van der Waals surface area (Å²) in [5.74, 6) is 0. The van der Waals surface area contributed by atoms with E-state index in [1.165, 1.54) is 31.6 Å². The lowest BCUT2D eigenvalue weighted by molar-refractivity contribution is 0.225. The first-order valence-electron chi connectivity index (χ1n) is 5.29. The molecule has 1 fully saturated rings. The highest BCUT2D eigenvalue weighted by Gasteiger charge is 2.14. The molecule has 0 unspecified atom stereocenters. The fraction of sp³-hybridized carbons (Fsp3) is 0.455. The summed E-state index contributed by atoms with van der Waals surface area (Å²) in [5.41, 5.74) is 1.43. The van der Waals surface area contributed by atoms with Gasteiger partial charge in [-0.1, -0.05) is 35.8 Å². The van der Waals surface area contributed by atoms with Crippen molar-refractivity contribution >= 4 is 12.9 Å². The number of rotatable bonds is 2. The minimum atomic E-state index is 0. The van der Waals surface area contributed by atoms with Crippen LogP contribution in [0.4, 0.5) is 0 Å². The Bertz CT molecular complexity index is 277. The maximum atomic E-state index is 2.52. The first-order valence-corrected chi connectivity index (χ1v) is 5.29. The molecule has 1 saturated heterocycles. The lowest BCUT2D eigenvalue weighted by Gasteiger charge is -2.32. The van der Waals surface area contributed by atoms with Crippen molar-refractivity contribution in [3.05, 3.63) is 30.3 Å². The van der Waals surface area contributed by atoms with Crippen molar-refractivity contribution in [2.45, 2.75) is 0 Å². The van der Waals surface area contributed by atoms with Gasteiger partial charge in [0.15, 0.2) is 0 Å². The van der Waals surface area contributed by atoms with E-state index in [0.717, 1.165) is 7.41 Å². The Morgan fingerprint density at radius 1 is 0.938 bits per heavy atom. The molecule has 16 heavy (non-hydrogen) atoms. The van der Waals surface area contributed by atoms with E-state index in [2.05, 4.69) is 47.1 Å². The van der Waals surface area contributed by atoms with Crippen LogP contribution in [0.15, 0.2) is 30.3 Å². The van der Waals surface area contributed by atoms with Crippen LogP contribution in [0.5, 0.6) is 0 Å². The van der Waals surface area contributed by atoms with Gasteiger partial charge in [0.25, 0.3) is 0 Å². The van der Waals surface area contributed by atoms with Crippen molar-refractivity contribution in [1.82, 2.24) is 9.71 Å². The smallest absolute Gasteiger partial charge is 0.238 e. The number of nitrogens with zero attached hydrogens (tertiary/aromatic N) is 2. The zero-order valence-electron chi connectivity index (χ0n) is 9.82. The molecule has 0 aliphatic carbocycles.